The predicted molar refractivity (Wildman–Crippen MR) is 102 cm³/mol. The number of hydrogen-bond acceptors (Lipinski definition) is 7. The smallest absolute Gasteiger partial charge is 0.337 e. The van der Waals surface area contributed by atoms with Gasteiger partial charge in [0.1, 0.15) is 12.4 Å². The summed E-state index contributed by atoms with van der Waals surface area (Å²) in [6.07, 6.45) is -0.236. The molecule has 0 bridgehead atoms. The Balaban J connectivity index is 1.76. The van der Waals surface area contributed by atoms with Crippen molar-refractivity contribution < 1.29 is 23.9 Å². The molecule has 146 valence electrons. The summed E-state index contributed by atoms with van der Waals surface area (Å²) in [5, 5.41) is 2.69. The molecule has 28 heavy (non-hydrogen) atoms. The zero-order valence-electron chi connectivity index (χ0n) is 15.5. The number of carbonyl (C=O) groups excluding carboxylic acids is 3. The van der Waals surface area contributed by atoms with Gasteiger partial charge in [-0.1, -0.05) is 6.92 Å². The highest BCUT2D eigenvalue weighted by molar-refractivity contribution is 6.05. The topological polar surface area (TPSA) is 124 Å². The molecule has 0 radical (unpaired) electrons. The van der Waals surface area contributed by atoms with Gasteiger partial charge in [-0.05, 0) is 42.8 Å². The van der Waals surface area contributed by atoms with Gasteiger partial charge < -0.3 is 20.5 Å². The fourth-order valence-electron chi connectivity index (χ4n) is 2.78. The number of ether oxygens (including phenoxy) is 2. The quantitative estimate of drug-likeness (QED) is 0.750. The average Bonchev–Trinajstić information content (AvgIpc) is 2.70. The highest BCUT2D eigenvalue weighted by Crippen LogP contribution is 2.33. The van der Waals surface area contributed by atoms with Crippen molar-refractivity contribution >= 4 is 35.1 Å². The second kappa shape index (κ2) is 7.95. The minimum atomic E-state index is -0.690. The van der Waals surface area contributed by atoms with Crippen molar-refractivity contribution in [2.45, 2.75) is 19.4 Å². The maximum absolute atomic E-state index is 12.7. The largest absolute Gasteiger partial charge is 0.477 e. The highest BCUT2D eigenvalue weighted by atomic mass is 16.5. The molecule has 1 atom stereocenters. The van der Waals surface area contributed by atoms with Crippen LogP contribution in [0.25, 0.3) is 0 Å². The SMILES string of the molecule is CCC1Oc2ccc(N)nc2N(CC(=O)Nc2ccc(C(=O)OC)cc2)C1=O. The molecule has 1 aromatic carbocycles. The zero-order valence-corrected chi connectivity index (χ0v) is 15.5. The summed E-state index contributed by atoms with van der Waals surface area (Å²) in [6.45, 7) is 1.57. The minimum Gasteiger partial charge on any atom is -0.477 e. The lowest BCUT2D eigenvalue weighted by Gasteiger charge is -2.32. The Morgan fingerprint density at radius 1 is 1.25 bits per heavy atom. The van der Waals surface area contributed by atoms with Crippen molar-refractivity contribution in [1.29, 1.82) is 0 Å². The Hall–Kier alpha value is -3.62. The first-order valence-electron chi connectivity index (χ1n) is 8.65. The van der Waals surface area contributed by atoms with Gasteiger partial charge in [-0.3, -0.25) is 14.5 Å². The van der Waals surface area contributed by atoms with Gasteiger partial charge in [0.25, 0.3) is 5.91 Å². The number of nitrogens with one attached hydrogen (secondary N) is 1. The van der Waals surface area contributed by atoms with Crippen molar-refractivity contribution in [3.63, 3.8) is 0 Å². The van der Waals surface area contributed by atoms with Gasteiger partial charge in [-0.25, -0.2) is 9.78 Å². The van der Waals surface area contributed by atoms with E-state index in [9.17, 15) is 14.4 Å². The number of amides is 2. The van der Waals surface area contributed by atoms with E-state index in [1.165, 1.54) is 24.1 Å². The number of aromatic nitrogens is 1. The molecule has 0 saturated heterocycles. The van der Waals surface area contributed by atoms with Crippen molar-refractivity contribution in [3.05, 3.63) is 42.0 Å². The summed E-state index contributed by atoms with van der Waals surface area (Å²) in [5.41, 5.74) is 6.56. The monoisotopic (exact) mass is 384 g/mol. The van der Waals surface area contributed by atoms with Crippen LogP contribution in [0.4, 0.5) is 17.3 Å². The van der Waals surface area contributed by atoms with Crippen LogP contribution in [-0.2, 0) is 14.3 Å². The number of esters is 1. The van der Waals surface area contributed by atoms with Gasteiger partial charge in [-0.2, -0.15) is 0 Å². The molecule has 0 spiro atoms. The van der Waals surface area contributed by atoms with Crippen LogP contribution in [0.15, 0.2) is 36.4 Å². The van der Waals surface area contributed by atoms with Crippen LogP contribution in [0.5, 0.6) is 5.75 Å². The minimum absolute atomic E-state index is 0.214. The Kier molecular flexibility index (Phi) is 5.44. The van der Waals surface area contributed by atoms with Crippen molar-refractivity contribution in [1.82, 2.24) is 4.98 Å². The normalized spacial score (nSPS) is 15.4. The number of carbonyl (C=O) groups is 3. The first-order chi connectivity index (χ1) is 13.4. The number of hydrogen-bond donors (Lipinski definition) is 2. The summed E-state index contributed by atoms with van der Waals surface area (Å²) in [4.78, 5) is 42.0. The standard InChI is InChI=1S/C19H20N4O5/c1-3-13-18(25)23(17-14(28-13)8-9-15(20)22-17)10-16(24)21-12-6-4-11(5-7-12)19(26)27-2/h4-9,13H,3,10H2,1-2H3,(H2,20,22)(H,21,24). The third kappa shape index (κ3) is 3.88. The number of pyridine rings is 1. The van der Waals surface area contributed by atoms with Gasteiger partial charge in [0, 0.05) is 5.69 Å². The lowest BCUT2D eigenvalue weighted by Crippen LogP contribution is -2.49. The van der Waals surface area contributed by atoms with E-state index >= 15 is 0 Å². The Morgan fingerprint density at radius 2 is 1.96 bits per heavy atom. The first kappa shape index (κ1) is 19.2. The number of benzene rings is 1. The molecule has 2 heterocycles. The summed E-state index contributed by atoms with van der Waals surface area (Å²) in [7, 11) is 1.29. The highest BCUT2D eigenvalue weighted by Gasteiger charge is 2.35. The van der Waals surface area contributed by atoms with Crippen LogP contribution in [-0.4, -0.2) is 42.5 Å². The van der Waals surface area contributed by atoms with Crippen molar-refractivity contribution in [2.24, 2.45) is 0 Å². The molecule has 0 fully saturated rings. The van der Waals surface area contributed by atoms with Gasteiger partial charge in [-0.15, -0.1) is 0 Å². The van der Waals surface area contributed by atoms with Crippen LogP contribution in [0, 0.1) is 0 Å². The molecular formula is C19H20N4O5. The number of anilines is 3. The molecule has 9 heteroatoms. The summed E-state index contributed by atoms with van der Waals surface area (Å²) >= 11 is 0. The van der Waals surface area contributed by atoms with Crippen LogP contribution >= 0.6 is 0 Å². The van der Waals surface area contributed by atoms with Gasteiger partial charge in [0.2, 0.25) is 5.91 Å². The van der Waals surface area contributed by atoms with Gasteiger partial charge in [0.15, 0.2) is 17.7 Å². The molecule has 1 unspecified atom stereocenters. The van der Waals surface area contributed by atoms with E-state index in [4.69, 9.17) is 10.5 Å². The molecule has 2 amide bonds. The lowest BCUT2D eigenvalue weighted by atomic mass is 10.2. The second-order valence-corrected chi connectivity index (χ2v) is 6.11. The van der Waals surface area contributed by atoms with E-state index in [1.54, 1.807) is 24.3 Å². The number of nitrogens with zero attached hydrogens (tertiary/aromatic N) is 2. The fraction of sp³-hybridized carbons (Fsp3) is 0.263. The molecule has 9 nitrogen and oxygen atoms in total. The van der Waals surface area contributed by atoms with Crippen LogP contribution < -0.4 is 20.7 Å². The van der Waals surface area contributed by atoms with Gasteiger partial charge >= 0.3 is 5.97 Å². The Labute approximate surface area is 161 Å². The van der Waals surface area contributed by atoms with Crippen LogP contribution in [0.1, 0.15) is 23.7 Å². The summed E-state index contributed by atoms with van der Waals surface area (Å²) in [6, 6.07) is 9.42. The number of nitrogens with two attached hydrogens (primary N) is 1. The van der Waals surface area contributed by atoms with E-state index in [0.717, 1.165) is 0 Å². The third-order valence-electron chi connectivity index (χ3n) is 4.19. The summed E-state index contributed by atoms with van der Waals surface area (Å²) < 4.78 is 10.3. The average molecular weight is 384 g/mol. The number of nitrogen functional groups attached to an aromatic ring is 1. The lowest BCUT2D eigenvalue weighted by molar-refractivity contribution is -0.128. The molecule has 3 N–H and O–H groups in total. The van der Waals surface area contributed by atoms with Gasteiger partial charge in [0.05, 0.1) is 12.7 Å². The molecule has 0 aliphatic carbocycles. The zero-order chi connectivity index (χ0) is 20.3. The Bertz CT molecular complexity index is 913. The van der Waals surface area contributed by atoms with Crippen molar-refractivity contribution in [3.8, 4) is 5.75 Å². The maximum Gasteiger partial charge on any atom is 0.337 e. The summed E-state index contributed by atoms with van der Waals surface area (Å²) in [5.74, 6) is -0.422. The second-order valence-electron chi connectivity index (χ2n) is 6.11. The van der Waals surface area contributed by atoms with Crippen LogP contribution in [0.3, 0.4) is 0 Å². The molecule has 3 rings (SSSR count). The molecule has 0 saturated carbocycles. The maximum atomic E-state index is 12.7. The predicted octanol–water partition coefficient (Wildman–Crippen LogP) is 1.59. The van der Waals surface area contributed by atoms with E-state index in [-0.39, 0.29) is 24.1 Å². The van der Waals surface area contributed by atoms with E-state index in [1.807, 2.05) is 6.92 Å². The third-order valence-corrected chi connectivity index (χ3v) is 4.19. The van der Waals surface area contributed by atoms with Crippen molar-refractivity contribution in [2.75, 3.05) is 29.6 Å². The molecule has 1 aromatic heterocycles. The van der Waals surface area contributed by atoms with E-state index < -0.39 is 18.0 Å². The molecule has 1 aliphatic rings. The first-order valence-corrected chi connectivity index (χ1v) is 8.65. The number of methoxy groups -OCH3 is 1. The van der Waals surface area contributed by atoms with E-state index in [2.05, 4.69) is 15.0 Å². The number of fused-ring (bicyclic) bond motifs is 1. The molecule has 2 aromatic rings. The number of rotatable bonds is 5. The van der Waals surface area contributed by atoms with E-state index in [0.29, 0.717) is 23.4 Å². The molecular weight excluding hydrogens is 364 g/mol. The fourth-order valence-corrected chi connectivity index (χ4v) is 2.78. The molecule has 1 aliphatic heterocycles. The van der Waals surface area contributed by atoms with Crippen LogP contribution in [0.2, 0.25) is 0 Å². The Morgan fingerprint density at radius 3 is 2.61 bits per heavy atom.